The smallest absolute Gasteiger partial charge is 0.258 e. The molecule has 0 radical (unpaired) electrons. The third-order valence-electron chi connectivity index (χ3n) is 3.53. The standard InChI is InChI=1S/C17H28N2O2/c1-6-18-10-15-9-13(4)7-8-16(15)21-11-17(20)19-14(5)12(2)3/h7-9,12,14,18H,6,10-11H2,1-5H3,(H,19,20). The van der Waals surface area contributed by atoms with Crippen LogP contribution < -0.4 is 15.4 Å². The van der Waals surface area contributed by atoms with Crippen LogP contribution in [0, 0.1) is 12.8 Å². The van der Waals surface area contributed by atoms with Crippen molar-refractivity contribution in [3.05, 3.63) is 29.3 Å². The largest absolute Gasteiger partial charge is 0.483 e. The molecule has 1 aromatic rings. The molecule has 0 saturated carbocycles. The Morgan fingerprint density at radius 2 is 2.00 bits per heavy atom. The molecule has 1 rings (SSSR count). The molecule has 0 bridgehead atoms. The molecule has 0 aliphatic rings. The lowest BCUT2D eigenvalue weighted by Crippen LogP contribution is -2.39. The van der Waals surface area contributed by atoms with Gasteiger partial charge in [0.1, 0.15) is 5.75 Å². The van der Waals surface area contributed by atoms with Crippen LogP contribution in [0.3, 0.4) is 0 Å². The molecule has 0 heterocycles. The molecular weight excluding hydrogens is 264 g/mol. The van der Waals surface area contributed by atoms with Crippen molar-refractivity contribution < 1.29 is 9.53 Å². The number of carbonyl (C=O) groups is 1. The Morgan fingerprint density at radius 3 is 2.62 bits per heavy atom. The summed E-state index contributed by atoms with van der Waals surface area (Å²) in [5.74, 6) is 1.11. The summed E-state index contributed by atoms with van der Waals surface area (Å²) in [6.45, 7) is 12.0. The van der Waals surface area contributed by atoms with Gasteiger partial charge in [0.2, 0.25) is 0 Å². The van der Waals surface area contributed by atoms with E-state index in [9.17, 15) is 4.79 Å². The van der Waals surface area contributed by atoms with Gasteiger partial charge in [0.15, 0.2) is 6.61 Å². The van der Waals surface area contributed by atoms with E-state index in [4.69, 9.17) is 4.74 Å². The SMILES string of the molecule is CCNCc1cc(C)ccc1OCC(=O)NC(C)C(C)C. The molecule has 21 heavy (non-hydrogen) atoms. The molecular formula is C17H28N2O2. The zero-order chi connectivity index (χ0) is 15.8. The highest BCUT2D eigenvalue weighted by atomic mass is 16.5. The van der Waals surface area contributed by atoms with E-state index in [1.54, 1.807) is 0 Å². The van der Waals surface area contributed by atoms with E-state index in [1.807, 2.05) is 19.1 Å². The summed E-state index contributed by atoms with van der Waals surface area (Å²) in [7, 11) is 0. The van der Waals surface area contributed by atoms with Gasteiger partial charge in [-0.15, -0.1) is 0 Å². The molecule has 1 amide bonds. The lowest BCUT2D eigenvalue weighted by Gasteiger charge is -2.18. The number of nitrogens with one attached hydrogen (secondary N) is 2. The number of hydrogen-bond donors (Lipinski definition) is 2. The van der Waals surface area contributed by atoms with Crippen molar-refractivity contribution >= 4 is 5.91 Å². The maximum atomic E-state index is 11.9. The molecule has 0 fully saturated rings. The minimum Gasteiger partial charge on any atom is -0.483 e. The van der Waals surface area contributed by atoms with Gasteiger partial charge in [-0.05, 0) is 32.4 Å². The number of benzene rings is 1. The quantitative estimate of drug-likeness (QED) is 0.774. The van der Waals surface area contributed by atoms with Crippen molar-refractivity contribution in [2.24, 2.45) is 5.92 Å². The Hall–Kier alpha value is -1.55. The second kappa shape index (κ2) is 8.67. The minimum atomic E-state index is -0.0776. The maximum absolute atomic E-state index is 11.9. The number of hydrogen-bond acceptors (Lipinski definition) is 3. The van der Waals surface area contributed by atoms with Crippen molar-refractivity contribution in [2.45, 2.75) is 47.2 Å². The average Bonchev–Trinajstić information content (AvgIpc) is 2.43. The molecule has 0 aliphatic carbocycles. The van der Waals surface area contributed by atoms with Crippen LogP contribution in [0.25, 0.3) is 0 Å². The van der Waals surface area contributed by atoms with Crippen molar-refractivity contribution in [2.75, 3.05) is 13.2 Å². The van der Waals surface area contributed by atoms with Crippen LogP contribution in [0.2, 0.25) is 0 Å². The maximum Gasteiger partial charge on any atom is 0.258 e. The van der Waals surface area contributed by atoms with Gasteiger partial charge in [0, 0.05) is 18.2 Å². The highest BCUT2D eigenvalue weighted by molar-refractivity contribution is 5.77. The van der Waals surface area contributed by atoms with Crippen LogP contribution >= 0.6 is 0 Å². The van der Waals surface area contributed by atoms with Crippen LogP contribution in [0.1, 0.15) is 38.8 Å². The monoisotopic (exact) mass is 292 g/mol. The molecule has 0 saturated heterocycles. The van der Waals surface area contributed by atoms with Gasteiger partial charge in [0.25, 0.3) is 5.91 Å². The normalized spacial score (nSPS) is 12.3. The molecule has 0 spiro atoms. The van der Waals surface area contributed by atoms with Gasteiger partial charge < -0.3 is 15.4 Å². The van der Waals surface area contributed by atoms with E-state index in [0.717, 1.165) is 24.4 Å². The van der Waals surface area contributed by atoms with Crippen LogP contribution in [-0.2, 0) is 11.3 Å². The number of amides is 1. The van der Waals surface area contributed by atoms with Crippen molar-refractivity contribution in [1.29, 1.82) is 0 Å². The van der Waals surface area contributed by atoms with Crippen LogP contribution in [-0.4, -0.2) is 25.1 Å². The molecule has 4 nitrogen and oxygen atoms in total. The van der Waals surface area contributed by atoms with Gasteiger partial charge in [-0.25, -0.2) is 0 Å². The molecule has 0 aromatic heterocycles. The topological polar surface area (TPSA) is 50.4 Å². The Bertz CT molecular complexity index is 458. The molecule has 118 valence electrons. The van der Waals surface area contributed by atoms with Gasteiger partial charge in [-0.3, -0.25) is 4.79 Å². The first-order valence-electron chi connectivity index (χ1n) is 7.66. The molecule has 2 N–H and O–H groups in total. The number of ether oxygens (including phenoxy) is 1. The van der Waals surface area contributed by atoms with Crippen molar-refractivity contribution in [3.63, 3.8) is 0 Å². The van der Waals surface area contributed by atoms with Crippen molar-refractivity contribution in [3.8, 4) is 5.75 Å². The molecule has 4 heteroatoms. The zero-order valence-corrected chi connectivity index (χ0v) is 13.8. The van der Waals surface area contributed by atoms with E-state index >= 15 is 0 Å². The summed E-state index contributed by atoms with van der Waals surface area (Å²) in [5.41, 5.74) is 2.27. The van der Waals surface area contributed by atoms with E-state index in [1.165, 1.54) is 5.56 Å². The first-order valence-corrected chi connectivity index (χ1v) is 7.66. The van der Waals surface area contributed by atoms with Gasteiger partial charge in [-0.2, -0.15) is 0 Å². The fraction of sp³-hybridized carbons (Fsp3) is 0.588. The van der Waals surface area contributed by atoms with Gasteiger partial charge in [0.05, 0.1) is 0 Å². The number of rotatable bonds is 8. The summed E-state index contributed by atoms with van der Waals surface area (Å²) in [5, 5.41) is 6.23. The molecule has 0 aliphatic heterocycles. The second-order valence-corrected chi connectivity index (χ2v) is 5.78. The Kier molecular flexibility index (Phi) is 7.23. The third kappa shape index (κ3) is 6.17. The van der Waals surface area contributed by atoms with E-state index in [2.05, 4.69) is 44.4 Å². The first-order chi connectivity index (χ1) is 9.93. The fourth-order valence-electron chi connectivity index (χ4n) is 1.85. The Balaban J connectivity index is 2.59. The minimum absolute atomic E-state index is 0.0548. The predicted octanol–water partition coefficient (Wildman–Crippen LogP) is 2.64. The summed E-state index contributed by atoms with van der Waals surface area (Å²) in [4.78, 5) is 11.9. The molecule has 1 atom stereocenters. The Morgan fingerprint density at radius 1 is 1.29 bits per heavy atom. The summed E-state index contributed by atoms with van der Waals surface area (Å²) >= 11 is 0. The second-order valence-electron chi connectivity index (χ2n) is 5.78. The van der Waals surface area contributed by atoms with Crippen molar-refractivity contribution in [1.82, 2.24) is 10.6 Å². The van der Waals surface area contributed by atoms with Crippen LogP contribution in [0.15, 0.2) is 18.2 Å². The van der Waals surface area contributed by atoms with Gasteiger partial charge >= 0.3 is 0 Å². The van der Waals surface area contributed by atoms with E-state index in [0.29, 0.717) is 5.92 Å². The predicted molar refractivity (Wildman–Crippen MR) is 86.5 cm³/mol. The molecule has 1 unspecified atom stereocenters. The fourth-order valence-corrected chi connectivity index (χ4v) is 1.85. The Labute approximate surface area is 128 Å². The third-order valence-corrected chi connectivity index (χ3v) is 3.53. The highest BCUT2D eigenvalue weighted by Gasteiger charge is 2.12. The number of carbonyl (C=O) groups excluding carboxylic acids is 1. The first kappa shape index (κ1) is 17.5. The lowest BCUT2D eigenvalue weighted by atomic mass is 10.1. The highest BCUT2D eigenvalue weighted by Crippen LogP contribution is 2.20. The molecule has 1 aromatic carbocycles. The van der Waals surface area contributed by atoms with E-state index in [-0.39, 0.29) is 18.6 Å². The zero-order valence-electron chi connectivity index (χ0n) is 13.8. The number of aryl methyl sites for hydroxylation is 1. The van der Waals surface area contributed by atoms with Crippen LogP contribution in [0.4, 0.5) is 0 Å². The van der Waals surface area contributed by atoms with Gasteiger partial charge in [-0.1, -0.05) is 38.5 Å². The average molecular weight is 292 g/mol. The van der Waals surface area contributed by atoms with Crippen LogP contribution in [0.5, 0.6) is 5.75 Å². The summed E-state index contributed by atoms with van der Waals surface area (Å²) < 4.78 is 5.68. The summed E-state index contributed by atoms with van der Waals surface area (Å²) in [6.07, 6.45) is 0. The lowest BCUT2D eigenvalue weighted by molar-refractivity contribution is -0.124. The van der Waals surface area contributed by atoms with E-state index < -0.39 is 0 Å². The summed E-state index contributed by atoms with van der Waals surface area (Å²) in [6, 6.07) is 6.17.